The van der Waals surface area contributed by atoms with E-state index in [2.05, 4.69) is 5.32 Å². The fourth-order valence-corrected chi connectivity index (χ4v) is 1.22. The van der Waals surface area contributed by atoms with E-state index in [4.69, 9.17) is 11.6 Å². The number of rotatable bonds is 3. The molecule has 1 nitrogen and oxygen atoms in total. The van der Waals surface area contributed by atoms with Crippen LogP contribution in [0.15, 0.2) is 18.2 Å². The highest BCUT2D eigenvalue weighted by molar-refractivity contribution is 6.31. The van der Waals surface area contributed by atoms with Gasteiger partial charge in [-0.25, -0.2) is 4.39 Å². The van der Waals surface area contributed by atoms with E-state index in [-0.39, 0.29) is 11.6 Å². The normalized spacial score (nSPS) is 11.8. The SMILES string of the molecule is Fc1cccc(CNCC(F)(F)F)c1Cl. The smallest absolute Gasteiger partial charge is 0.305 e. The molecule has 0 heterocycles. The molecule has 0 aliphatic carbocycles. The summed E-state index contributed by atoms with van der Waals surface area (Å²) in [7, 11) is 0. The number of nitrogens with one attached hydrogen (secondary N) is 1. The van der Waals surface area contributed by atoms with Gasteiger partial charge in [-0.05, 0) is 11.6 Å². The molecular formula is C9H8ClF4N. The van der Waals surface area contributed by atoms with Crippen LogP contribution in [0, 0.1) is 5.82 Å². The molecule has 15 heavy (non-hydrogen) atoms. The Balaban J connectivity index is 2.55. The van der Waals surface area contributed by atoms with Crippen molar-refractivity contribution in [2.75, 3.05) is 6.54 Å². The van der Waals surface area contributed by atoms with Gasteiger partial charge < -0.3 is 5.32 Å². The number of halogens is 5. The summed E-state index contributed by atoms with van der Waals surface area (Å²) in [5.41, 5.74) is 0.306. The summed E-state index contributed by atoms with van der Waals surface area (Å²) in [5, 5.41) is 1.99. The molecule has 1 rings (SSSR count). The predicted octanol–water partition coefficient (Wildman–Crippen LogP) is 3.13. The van der Waals surface area contributed by atoms with Gasteiger partial charge in [-0.3, -0.25) is 0 Å². The van der Waals surface area contributed by atoms with E-state index in [1.54, 1.807) is 0 Å². The Morgan fingerprint density at radius 1 is 1.27 bits per heavy atom. The van der Waals surface area contributed by atoms with Crippen LogP contribution in [-0.2, 0) is 6.54 Å². The summed E-state index contributed by atoms with van der Waals surface area (Å²) in [6.07, 6.45) is -4.28. The molecule has 0 saturated heterocycles. The van der Waals surface area contributed by atoms with E-state index in [9.17, 15) is 17.6 Å². The lowest BCUT2D eigenvalue weighted by atomic mass is 10.2. The van der Waals surface area contributed by atoms with Gasteiger partial charge in [0.2, 0.25) is 0 Å². The highest BCUT2D eigenvalue weighted by Crippen LogP contribution is 2.20. The Kier molecular flexibility index (Phi) is 3.93. The largest absolute Gasteiger partial charge is 0.401 e. The third-order valence-corrected chi connectivity index (χ3v) is 2.10. The molecule has 0 bridgehead atoms. The van der Waals surface area contributed by atoms with Crippen molar-refractivity contribution in [2.24, 2.45) is 0 Å². The van der Waals surface area contributed by atoms with Crippen molar-refractivity contribution in [1.29, 1.82) is 0 Å². The van der Waals surface area contributed by atoms with Crippen LogP contribution in [0.1, 0.15) is 5.56 Å². The van der Waals surface area contributed by atoms with E-state index in [0.717, 1.165) is 6.07 Å². The van der Waals surface area contributed by atoms with Crippen LogP contribution in [0.3, 0.4) is 0 Å². The first-order valence-corrected chi connectivity index (χ1v) is 4.48. The van der Waals surface area contributed by atoms with E-state index in [1.807, 2.05) is 0 Å². The standard InChI is InChI=1S/C9H8ClF4N/c10-8-6(2-1-3-7(8)11)4-15-5-9(12,13)14/h1-3,15H,4-5H2. The third kappa shape index (κ3) is 4.05. The zero-order valence-corrected chi connectivity index (χ0v) is 8.29. The van der Waals surface area contributed by atoms with Gasteiger partial charge in [0.25, 0.3) is 0 Å². The molecular weight excluding hydrogens is 234 g/mol. The van der Waals surface area contributed by atoms with Gasteiger partial charge in [-0.2, -0.15) is 13.2 Å². The molecule has 0 atom stereocenters. The Bertz CT molecular complexity index is 337. The Labute approximate surface area is 89.0 Å². The minimum atomic E-state index is -4.28. The molecule has 0 fully saturated rings. The first-order chi connectivity index (χ1) is 6.90. The first kappa shape index (κ1) is 12.3. The van der Waals surface area contributed by atoms with Crippen LogP contribution in [0.5, 0.6) is 0 Å². The second-order valence-electron chi connectivity index (χ2n) is 2.93. The quantitative estimate of drug-likeness (QED) is 0.802. The Morgan fingerprint density at radius 3 is 2.53 bits per heavy atom. The topological polar surface area (TPSA) is 12.0 Å². The van der Waals surface area contributed by atoms with Crippen molar-refractivity contribution < 1.29 is 17.6 Å². The number of hydrogen-bond donors (Lipinski definition) is 1. The Hall–Kier alpha value is -0.810. The van der Waals surface area contributed by atoms with Crippen molar-refractivity contribution in [3.63, 3.8) is 0 Å². The average molecular weight is 242 g/mol. The van der Waals surface area contributed by atoms with Gasteiger partial charge in [0.15, 0.2) is 0 Å². The first-order valence-electron chi connectivity index (χ1n) is 4.10. The molecule has 0 spiro atoms. The Morgan fingerprint density at radius 2 is 1.93 bits per heavy atom. The highest BCUT2D eigenvalue weighted by atomic mass is 35.5. The average Bonchev–Trinajstić information content (AvgIpc) is 2.10. The lowest BCUT2D eigenvalue weighted by molar-refractivity contribution is -0.125. The van der Waals surface area contributed by atoms with Crippen molar-refractivity contribution in [3.8, 4) is 0 Å². The maximum absolute atomic E-state index is 12.9. The second-order valence-corrected chi connectivity index (χ2v) is 3.31. The number of hydrogen-bond acceptors (Lipinski definition) is 1. The molecule has 0 unspecified atom stereocenters. The number of benzene rings is 1. The summed E-state index contributed by atoms with van der Waals surface area (Å²) in [6.45, 7) is -1.24. The van der Waals surface area contributed by atoms with Crippen molar-refractivity contribution >= 4 is 11.6 Å². The van der Waals surface area contributed by atoms with E-state index in [1.165, 1.54) is 12.1 Å². The maximum Gasteiger partial charge on any atom is 0.401 e. The molecule has 0 aliphatic rings. The fourth-order valence-electron chi connectivity index (χ4n) is 1.02. The molecule has 0 aliphatic heterocycles. The molecule has 84 valence electrons. The van der Waals surface area contributed by atoms with Gasteiger partial charge >= 0.3 is 6.18 Å². The molecule has 1 N–H and O–H groups in total. The van der Waals surface area contributed by atoms with Gasteiger partial charge in [-0.15, -0.1) is 0 Å². The van der Waals surface area contributed by atoms with Crippen LogP contribution in [-0.4, -0.2) is 12.7 Å². The van der Waals surface area contributed by atoms with Crippen molar-refractivity contribution in [2.45, 2.75) is 12.7 Å². The predicted molar refractivity (Wildman–Crippen MR) is 49.2 cm³/mol. The third-order valence-electron chi connectivity index (χ3n) is 1.67. The van der Waals surface area contributed by atoms with Gasteiger partial charge in [0, 0.05) is 6.54 Å². The summed E-state index contributed by atoms with van der Waals surface area (Å²) in [5.74, 6) is -0.636. The molecule has 0 radical (unpaired) electrons. The van der Waals surface area contributed by atoms with E-state index in [0.29, 0.717) is 5.56 Å². The zero-order valence-electron chi connectivity index (χ0n) is 7.54. The lowest BCUT2D eigenvalue weighted by Crippen LogP contribution is -2.28. The summed E-state index contributed by atoms with van der Waals surface area (Å²) < 4.78 is 48.2. The highest BCUT2D eigenvalue weighted by Gasteiger charge is 2.26. The van der Waals surface area contributed by atoms with Gasteiger partial charge in [-0.1, -0.05) is 23.7 Å². The minimum absolute atomic E-state index is 0.115. The van der Waals surface area contributed by atoms with Gasteiger partial charge in [0.05, 0.1) is 11.6 Å². The maximum atomic E-state index is 12.9. The fraction of sp³-hybridized carbons (Fsp3) is 0.333. The summed E-state index contributed by atoms with van der Waals surface area (Å²) in [6, 6.07) is 4.01. The summed E-state index contributed by atoms with van der Waals surface area (Å²) >= 11 is 5.55. The van der Waals surface area contributed by atoms with Crippen LogP contribution in [0.4, 0.5) is 17.6 Å². The van der Waals surface area contributed by atoms with Crippen LogP contribution < -0.4 is 5.32 Å². The van der Waals surface area contributed by atoms with Crippen LogP contribution >= 0.6 is 11.6 Å². The molecule has 1 aromatic carbocycles. The molecule has 1 aromatic rings. The summed E-state index contributed by atoms with van der Waals surface area (Å²) in [4.78, 5) is 0. The molecule has 6 heteroatoms. The minimum Gasteiger partial charge on any atom is -0.305 e. The van der Waals surface area contributed by atoms with Crippen LogP contribution in [0.2, 0.25) is 5.02 Å². The molecule has 0 aromatic heterocycles. The molecule has 0 amide bonds. The van der Waals surface area contributed by atoms with Crippen molar-refractivity contribution in [3.05, 3.63) is 34.6 Å². The van der Waals surface area contributed by atoms with Crippen molar-refractivity contribution in [1.82, 2.24) is 5.32 Å². The van der Waals surface area contributed by atoms with E-state index < -0.39 is 18.5 Å². The monoisotopic (exact) mass is 241 g/mol. The second kappa shape index (κ2) is 4.81. The van der Waals surface area contributed by atoms with Gasteiger partial charge in [0.1, 0.15) is 5.82 Å². The zero-order chi connectivity index (χ0) is 11.5. The van der Waals surface area contributed by atoms with E-state index >= 15 is 0 Å². The lowest BCUT2D eigenvalue weighted by Gasteiger charge is -2.09. The van der Waals surface area contributed by atoms with Crippen LogP contribution in [0.25, 0.3) is 0 Å². The molecule has 0 saturated carbocycles. The number of alkyl halides is 3.